The van der Waals surface area contributed by atoms with E-state index in [2.05, 4.69) is 26.0 Å². The van der Waals surface area contributed by atoms with Crippen molar-refractivity contribution < 1.29 is 9.53 Å². The lowest BCUT2D eigenvalue weighted by Crippen LogP contribution is -2.08. The molecule has 3 nitrogen and oxygen atoms in total. The molecular weight excluding hydrogens is 262 g/mol. The fourth-order valence-electron chi connectivity index (χ4n) is 2.08. The fourth-order valence-corrected chi connectivity index (χ4v) is 2.08. The zero-order valence-electron chi connectivity index (χ0n) is 12.7. The molecule has 0 saturated heterocycles. The summed E-state index contributed by atoms with van der Waals surface area (Å²) >= 11 is 0. The van der Waals surface area contributed by atoms with Gasteiger partial charge in [0.2, 0.25) is 0 Å². The molecule has 2 aromatic carbocycles. The number of hydrogen-bond acceptors (Lipinski definition) is 3. The maximum atomic E-state index is 12.1. The molecule has 0 spiro atoms. The van der Waals surface area contributed by atoms with Gasteiger partial charge in [-0.25, -0.2) is 4.79 Å². The number of aryl methyl sites for hydroxylation is 1. The Morgan fingerprint density at radius 3 is 2.43 bits per heavy atom. The van der Waals surface area contributed by atoms with Crippen LogP contribution in [-0.2, 0) is 11.3 Å². The monoisotopic (exact) mass is 283 g/mol. The summed E-state index contributed by atoms with van der Waals surface area (Å²) in [6.07, 6.45) is 0. The SMILES string of the molecule is Cc1ccc(N)cc1C(=O)OCc1ccc(C(C)C)cc1. The van der Waals surface area contributed by atoms with Gasteiger partial charge in [-0.2, -0.15) is 0 Å². The minimum Gasteiger partial charge on any atom is -0.457 e. The van der Waals surface area contributed by atoms with Crippen LogP contribution in [0.1, 0.15) is 46.8 Å². The predicted molar refractivity (Wildman–Crippen MR) is 85.2 cm³/mol. The quantitative estimate of drug-likeness (QED) is 0.680. The van der Waals surface area contributed by atoms with Crippen LogP contribution in [0.2, 0.25) is 0 Å². The van der Waals surface area contributed by atoms with Gasteiger partial charge in [-0.1, -0.05) is 44.2 Å². The first kappa shape index (κ1) is 15.1. The first-order valence-electron chi connectivity index (χ1n) is 7.09. The maximum absolute atomic E-state index is 12.1. The van der Waals surface area contributed by atoms with Crippen LogP contribution in [0.25, 0.3) is 0 Å². The Hall–Kier alpha value is -2.29. The predicted octanol–water partition coefficient (Wildman–Crippen LogP) is 4.06. The molecule has 0 radical (unpaired) electrons. The van der Waals surface area contributed by atoms with Gasteiger partial charge in [-0.15, -0.1) is 0 Å². The van der Waals surface area contributed by atoms with E-state index in [1.807, 2.05) is 25.1 Å². The summed E-state index contributed by atoms with van der Waals surface area (Å²) in [4.78, 5) is 12.1. The second kappa shape index (κ2) is 6.44. The molecular formula is C18H21NO2. The van der Waals surface area contributed by atoms with Gasteiger partial charge in [0, 0.05) is 5.69 Å². The minimum atomic E-state index is -0.340. The van der Waals surface area contributed by atoms with E-state index in [4.69, 9.17) is 10.5 Å². The summed E-state index contributed by atoms with van der Waals surface area (Å²) in [7, 11) is 0. The molecule has 0 aliphatic carbocycles. The van der Waals surface area contributed by atoms with Gasteiger partial charge in [-0.3, -0.25) is 0 Å². The van der Waals surface area contributed by atoms with Crippen LogP contribution in [0.15, 0.2) is 42.5 Å². The molecule has 0 aromatic heterocycles. The van der Waals surface area contributed by atoms with Gasteiger partial charge in [0.25, 0.3) is 0 Å². The van der Waals surface area contributed by atoms with Crippen molar-refractivity contribution in [2.24, 2.45) is 0 Å². The Morgan fingerprint density at radius 2 is 1.81 bits per heavy atom. The Kier molecular flexibility index (Phi) is 4.63. The molecule has 2 aromatic rings. The number of benzene rings is 2. The average molecular weight is 283 g/mol. The van der Waals surface area contributed by atoms with Crippen molar-refractivity contribution in [2.75, 3.05) is 5.73 Å². The van der Waals surface area contributed by atoms with E-state index < -0.39 is 0 Å². The standard InChI is InChI=1S/C18H21NO2/c1-12(2)15-7-5-14(6-8-15)11-21-18(20)17-10-16(19)9-4-13(17)3/h4-10,12H,11,19H2,1-3H3. The van der Waals surface area contributed by atoms with Crippen molar-refractivity contribution in [3.63, 3.8) is 0 Å². The number of rotatable bonds is 4. The number of carbonyl (C=O) groups excluding carboxylic acids is 1. The third-order valence-corrected chi connectivity index (χ3v) is 3.50. The van der Waals surface area contributed by atoms with Crippen molar-refractivity contribution in [3.8, 4) is 0 Å². The van der Waals surface area contributed by atoms with Gasteiger partial charge in [0.1, 0.15) is 6.61 Å². The maximum Gasteiger partial charge on any atom is 0.338 e. The summed E-state index contributed by atoms with van der Waals surface area (Å²) in [5.41, 5.74) is 9.92. The number of nitrogen functional groups attached to an aromatic ring is 1. The van der Waals surface area contributed by atoms with E-state index in [9.17, 15) is 4.79 Å². The highest BCUT2D eigenvalue weighted by Gasteiger charge is 2.11. The molecule has 110 valence electrons. The van der Waals surface area contributed by atoms with E-state index in [-0.39, 0.29) is 12.6 Å². The first-order valence-corrected chi connectivity index (χ1v) is 7.09. The third kappa shape index (κ3) is 3.85. The van der Waals surface area contributed by atoms with E-state index in [1.165, 1.54) is 5.56 Å². The smallest absolute Gasteiger partial charge is 0.338 e. The largest absolute Gasteiger partial charge is 0.457 e. The highest BCUT2D eigenvalue weighted by atomic mass is 16.5. The molecule has 21 heavy (non-hydrogen) atoms. The van der Waals surface area contributed by atoms with Gasteiger partial charge in [0.05, 0.1) is 5.56 Å². The molecule has 0 unspecified atom stereocenters. The van der Waals surface area contributed by atoms with Gasteiger partial charge < -0.3 is 10.5 Å². The number of esters is 1. The van der Waals surface area contributed by atoms with Crippen LogP contribution in [0, 0.1) is 6.92 Å². The molecule has 2 rings (SSSR count). The lowest BCUT2D eigenvalue weighted by Gasteiger charge is -2.09. The fraction of sp³-hybridized carbons (Fsp3) is 0.278. The second-order valence-corrected chi connectivity index (χ2v) is 5.55. The second-order valence-electron chi connectivity index (χ2n) is 5.55. The van der Waals surface area contributed by atoms with E-state index in [1.54, 1.807) is 12.1 Å². The molecule has 0 atom stereocenters. The minimum absolute atomic E-state index is 0.269. The lowest BCUT2D eigenvalue weighted by atomic mass is 10.0. The normalized spacial score (nSPS) is 10.7. The average Bonchev–Trinajstić information content (AvgIpc) is 2.47. The van der Waals surface area contributed by atoms with E-state index in [0.717, 1.165) is 11.1 Å². The lowest BCUT2D eigenvalue weighted by molar-refractivity contribution is 0.0472. The molecule has 0 amide bonds. The highest BCUT2D eigenvalue weighted by Crippen LogP contribution is 2.17. The summed E-state index contributed by atoms with van der Waals surface area (Å²) in [6, 6.07) is 13.4. The molecule has 0 bridgehead atoms. The number of carbonyl (C=O) groups is 1. The van der Waals surface area contributed by atoms with Crippen molar-refractivity contribution >= 4 is 11.7 Å². The molecule has 0 saturated carbocycles. The number of anilines is 1. The van der Waals surface area contributed by atoms with E-state index >= 15 is 0 Å². The summed E-state index contributed by atoms with van der Waals surface area (Å²) in [5.74, 6) is 0.157. The summed E-state index contributed by atoms with van der Waals surface area (Å²) < 4.78 is 5.36. The van der Waals surface area contributed by atoms with Crippen LogP contribution in [0.4, 0.5) is 5.69 Å². The number of nitrogens with two attached hydrogens (primary N) is 1. The number of hydrogen-bond donors (Lipinski definition) is 1. The molecule has 0 aliphatic heterocycles. The van der Waals surface area contributed by atoms with E-state index in [0.29, 0.717) is 17.2 Å². The zero-order chi connectivity index (χ0) is 15.4. The zero-order valence-corrected chi connectivity index (χ0v) is 12.7. The molecule has 0 heterocycles. The molecule has 0 fully saturated rings. The van der Waals surface area contributed by atoms with Crippen LogP contribution in [-0.4, -0.2) is 5.97 Å². The van der Waals surface area contributed by atoms with Gasteiger partial charge in [-0.05, 0) is 41.7 Å². The molecule has 3 heteroatoms. The van der Waals surface area contributed by atoms with Crippen molar-refractivity contribution in [1.82, 2.24) is 0 Å². The van der Waals surface area contributed by atoms with Crippen molar-refractivity contribution in [3.05, 3.63) is 64.7 Å². The Morgan fingerprint density at radius 1 is 1.14 bits per heavy atom. The third-order valence-electron chi connectivity index (χ3n) is 3.50. The summed E-state index contributed by atoms with van der Waals surface area (Å²) in [5, 5.41) is 0. The Labute approximate surface area is 125 Å². The summed E-state index contributed by atoms with van der Waals surface area (Å²) in [6.45, 7) is 6.44. The van der Waals surface area contributed by atoms with Gasteiger partial charge in [0.15, 0.2) is 0 Å². The first-order chi connectivity index (χ1) is 9.97. The topological polar surface area (TPSA) is 52.3 Å². The van der Waals surface area contributed by atoms with Crippen molar-refractivity contribution in [1.29, 1.82) is 0 Å². The number of ether oxygens (including phenoxy) is 1. The Balaban J connectivity index is 2.02. The van der Waals surface area contributed by atoms with Crippen LogP contribution in [0.5, 0.6) is 0 Å². The Bertz CT molecular complexity index is 630. The van der Waals surface area contributed by atoms with Gasteiger partial charge >= 0.3 is 5.97 Å². The highest BCUT2D eigenvalue weighted by molar-refractivity contribution is 5.92. The van der Waals surface area contributed by atoms with Crippen LogP contribution in [0.3, 0.4) is 0 Å². The van der Waals surface area contributed by atoms with Crippen LogP contribution >= 0.6 is 0 Å². The molecule has 2 N–H and O–H groups in total. The molecule has 0 aliphatic rings. The van der Waals surface area contributed by atoms with Crippen molar-refractivity contribution in [2.45, 2.75) is 33.3 Å². The van der Waals surface area contributed by atoms with Crippen LogP contribution < -0.4 is 5.73 Å².